The topological polar surface area (TPSA) is 104 Å². The lowest BCUT2D eigenvalue weighted by Gasteiger charge is -2.12. The van der Waals surface area contributed by atoms with Crippen molar-refractivity contribution < 1.29 is 24.6 Å². The van der Waals surface area contributed by atoms with Crippen LogP contribution < -0.4 is 5.32 Å². The van der Waals surface area contributed by atoms with Crippen LogP contribution >= 0.6 is 23.2 Å². The molecule has 0 radical (unpaired) electrons. The number of aliphatic carboxylic acids is 2. The van der Waals surface area contributed by atoms with Gasteiger partial charge in [0.2, 0.25) is 5.91 Å². The van der Waals surface area contributed by atoms with E-state index in [1.165, 1.54) is 12.1 Å². The fraction of sp³-hybridized carbons (Fsp3) is 0.250. The van der Waals surface area contributed by atoms with Gasteiger partial charge in [0.05, 0.1) is 12.8 Å². The molecule has 0 aliphatic heterocycles. The van der Waals surface area contributed by atoms with Crippen molar-refractivity contribution in [2.75, 3.05) is 0 Å². The van der Waals surface area contributed by atoms with Gasteiger partial charge in [0, 0.05) is 10.0 Å². The number of carboxylic acids is 2. The summed E-state index contributed by atoms with van der Waals surface area (Å²) < 4.78 is 0. The van der Waals surface area contributed by atoms with Crippen LogP contribution in [0.25, 0.3) is 0 Å². The predicted molar refractivity (Wildman–Crippen MR) is 72.0 cm³/mol. The van der Waals surface area contributed by atoms with Gasteiger partial charge in [-0.2, -0.15) is 0 Å². The van der Waals surface area contributed by atoms with Gasteiger partial charge in [0.25, 0.3) is 0 Å². The van der Waals surface area contributed by atoms with Crippen LogP contribution in [0.5, 0.6) is 0 Å². The third-order valence-corrected chi connectivity index (χ3v) is 2.97. The number of carbonyl (C=O) groups excluding carboxylic acids is 1. The molecule has 8 heteroatoms. The van der Waals surface area contributed by atoms with E-state index in [9.17, 15) is 14.4 Å². The fourth-order valence-electron chi connectivity index (χ4n) is 1.46. The van der Waals surface area contributed by atoms with Crippen LogP contribution in [0.2, 0.25) is 10.0 Å². The summed E-state index contributed by atoms with van der Waals surface area (Å²) >= 11 is 11.6. The summed E-state index contributed by atoms with van der Waals surface area (Å²) in [5.41, 5.74) is 0.466. The third kappa shape index (κ3) is 5.07. The van der Waals surface area contributed by atoms with Crippen molar-refractivity contribution in [2.45, 2.75) is 18.9 Å². The monoisotopic (exact) mass is 319 g/mol. The van der Waals surface area contributed by atoms with Gasteiger partial charge in [-0.15, -0.1) is 0 Å². The minimum Gasteiger partial charge on any atom is -0.481 e. The molecule has 0 bridgehead atoms. The maximum atomic E-state index is 11.7. The molecule has 1 amide bonds. The molecule has 108 valence electrons. The number of amides is 1. The van der Waals surface area contributed by atoms with Crippen molar-refractivity contribution in [1.82, 2.24) is 5.32 Å². The summed E-state index contributed by atoms with van der Waals surface area (Å²) in [6.07, 6.45) is -0.866. The van der Waals surface area contributed by atoms with Gasteiger partial charge in [-0.05, 0) is 17.7 Å². The molecule has 0 fully saturated rings. The Morgan fingerprint density at radius 2 is 1.85 bits per heavy atom. The Morgan fingerprint density at radius 1 is 1.20 bits per heavy atom. The number of carboxylic acid groups (broad SMARTS) is 2. The number of carbonyl (C=O) groups is 3. The Labute approximate surface area is 124 Å². The van der Waals surface area contributed by atoms with E-state index in [4.69, 9.17) is 33.4 Å². The molecule has 6 nitrogen and oxygen atoms in total. The maximum Gasteiger partial charge on any atom is 0.326 e. The lowest BCUT2D eigenvalue weighted by molar-refractivity contribution is -0.147. The van der Waals surface area contributed by atoms with Gasteiger partial charge >= 0.3 is 11.9 Å². The first kappa shape index (κ1) is 16.3. The van der Waals surface area contributed by atoms with E-state index in [1.54, 1.807) is 6.07 Å². The van der Waals surface area contributed by atoms with Crippen molar-refractivity contribution in [3.8, 4) is 0 Å². The first-order valence-electron chi connectivity index (χ1n) is 5.47. The second-order valence-corrected chi connectivity index (χ2v) is 4.81. The number of hydrogen-bond acceptors (Lipinski definition) is 3. The molecule has 1 aromatic carbocycles. The fourth-order valence-corrected chi connectivity index (χ4v) is 1.93. The van der Waals surface area contributed by atoms with Crippen molar-refractivity contribution in [2.24, 2.45) is 0 Å². The standard InChI is InChI=1S/C12H11Cl2NO5/c13-7-2-1-6(8(14)4-7)3-10(16)15-9(12(19)20)5-11(17)18/h1-2,4,9H,3,5H2,(H,15,16)(H,17,18)(H,19,20)/t9-/m1/s1. The number of nitrogens with one attached hydrogen (secondary N) is 1. The van der Waals surface area contributed by atoms with Gasteiger partial charge in [-0.3, -0.25) is 9.59 Å². The molecule has 0 saturated heterocycles. The Balaban J connectivity index is 2.70. The lowest BCUT2D eigenvalue weighted by Crippen LogP contribution is -2.42. The van der Waals surface area contributed by atoms with Crippen LogP contribution in [0.4, 0.5) is 0 Å². The molecule has 0 unspecified atom stereocenters. The maximum absolute atomic E-state index is 11.7. The smallest absolute Gasteiger partial charge is 0.326 e. The molecule has 0 aliphatic carbocycles. The first-order valence-corrected chi connectivity index (χ1v) is 6.23. The van der Waals surface area contributed by atoms with Crippen LogP contribution in [0.15, 0.2) is 18.2 Å². The van der Waals surface area contributed by atoms with Gasteiger partial charge in [0.1, 0.15) is 6.04 Å². The summed E-state index contributed by atoms with van der Waals surface area (Å²) in [7, 11) is 0. The number of benzene rings is 1. The molecule has 0 heterocycles. The highest BCUT2D eigenvalue weighted by molar-refractivity contribution is 6.35. The highest BCUT2D eigenvalue weighted by Crippen LogP contribution is 2.21. The van der Waals surface area contributed by atoms with Crippen molar-refractivity contribution in [3.63, 3.8) is 0 Å². The van der Waals surface area contributed by atoms with Crippen LogP contribution in [0, 0.1) is 0 Å². The van der Waals surface area contributed by atoms with Gasteiger partial charge in [-0.1, -0.05) is 29.3 Å². The Morgan fingerprint density at radius 3 is 2.35 bits per heavy atom. The van der Waals surface area contributed by atoms with E-state index in [-0.39, 0.29) is 11.4 Å². The molecule has 20 heavy (non-hydrogen) atoms. The third-order valence-electron chi connectivity index (χ3n) is 2.38. The summed E-state index contributed by atoms with van der Waals surface area (Å²) in [4.78, 5) is 33.0. The van der Waals surface area contributed by atoms with Crippen LogP contribution in [0.3, 0.4) is 0 Å². The number of halogens is 2. The largest absolute Gasteiger partial charge is 0.481 e. The van der Waals surface area contributed by atoms with E-state index in [2.05, 4.69) is 5.32 Å². The summed E-state index contributed by atoms with van der Waals surface area (Å²) in [5.74, 6) is -3.37. The highest BCUT2D eigenvalue weighted by Gasteiger charge is 2.23. The minimum atomic E-state index is -1.48. The minimum absolute atomic E-state index is 0.167. The zero-order valence-corrected chi connectivity index (χ0v) is 11.6. The normalized spacial score (nSPS) is 11.7. The van der Waals surface area contributed by atoms with Crippen LogP contribution in [-0.2, 0) is 20.8 Å². The molecule has 1 rings (SSSR count). The molecule has 1 atom stereocenters. The summed E-state index contributed by atoms with van der Waals surface area (Å²) in [6, 6.07) is 3.06. The quantitative estimate of drug-likeness (QED) is 0.738. The molecule has 3 N–H and O–H groups in total. The molecular formula is C12H11Cl2NO5. The Kier molecular flexibility index (Phi) is 5.79. The first-order chi connectivity index (χ1) is 9.29. The van der Waals surface area contributed by atoms with E-state index in [0.717, 1.165) is 0 Å². The van der Waals surface area contributed by atoms with E-state index >= 15 is 0 Å². The molecule has 0 aliphatic rings. The lowest BCUT2D eigenvalue weighted by atomic mass is 10.1. The predicted octanol–water partition coefficient (Wildman–Crippen LogP) is 1.58. The second kappa shape index (κ2) is 7.12. The Hall–Kier alpha value is -1.79. The van der Waals surface area contributed by atoms with Crippen molar-refractivity contribution in [3.05, 3.63) is 33.8 Å². The van der Waals surface area contributed by atoms with Gasteiger partial charge in [0.15, 0.2) is 0 Å². The average molecular weight is 320 g/mol. The molecule has 0 saturated carbocycles. The highest BCUT2D eigenvalue weighted by atomic mass is 35.5. The van der Waals surface area contributed by atoms with E-state index in [0.29, 0.717) is 10.6 Å². The SMILES string of the molecule is O=C(O)C[C@@H](NC(=O)Cc1ccc(Cl)cc1Cl)C(=O)O. The van der Waals surface area contributed by atoms with Crippen molar-refractivity contribution in [1.29, 1.82) is 0 Å². The zero-order chi connectivity index (χ0) is 15.3. The zero-order valence-electron chi connectivity index (χ0n) is 10.1. The Bertz CT molecular complexity index is 547. The van der Waals surface area contributed by atoms with Gasteiger partial charge < -0.3 is 15.5 Å². The molecular weight excluding hydrogens is 309 g/mol. The van der Waals surface area contributed by atoms with Gasteiger partial charge in [-0.25, -0.2) is 4.79 Å². The van der Waals surface area contributed by atoms with Crippen LogP contribution in [0.1, 0.15) is 12.0 Å². The van der Waals surface area contributed by atoms with Crippen LogP contribution in [-0.4, -0.2) is 34.1 Å². The molecule has 0 spiro atoms. The van der Waals surface area contributed by atoms with E-state index in [1.807, 2.05) is 0 Å². The van der Waals surface area contributed by atoms with E-state index < -0.39 is 30.3 Å². The average Bonchev–Trinajstić information content (AvgIpc) is 2.31. The molecule has 0 aromatic heterocycles. The summed E-state index contributed by atoms with van der Waals surface area (Å²) in [5, 5.41) is 20.2. The molecule has 1 aromatic rings. The second-order valence-electron chi connectivity index (χ2n) is 3.97. The number of hydrogen-bond donors (Lipinski definition) is 3. The number of rotatable bonds is 6. The summed E-state index contributed by atoms with van der Waals surface area (Å²) in [6.45, 7) is 0. The van der Waals surface area contributed by atoms with Crippen molar-refractivity contribution >= 4 is 41.0 Å².